The Morgan fingerprint density at radius 2 is 2.06 bits per heavy atom. The number of hydrogen-bond donors (Lipinski definition) is 0. The van der Waals surface area contributed by atoms with Gasteiger partial charge >= 0.3 is 5.97 Å². The maximum atomic E-state index is 12.9. The van der Waals surface area contributed by atoms with E-state index in [2.05, 4.69) is 29.8 Å². The van der Waals surface area contributed by atoms with Gasteiger partial charge in [-0.2, -0.15) is 0 Å². The third kappa shape index (κ3) is 3.28. The average molecular weight is 549 g/mol. The second kappa shape index (κ2) is 8.26. The molecule has 7 heteroatoms. The van der Waals surface area contributed by atoms with E-state index in [1.54, 1.807) is 7.11 Å². The monoisotopic (exact) mass is 549 g/mol. The molecule has 0 aliphatic carbocycles. The van der Waals surface area contributed by atoms with E-state index in [1.807, 2.05) is 33.0 Å². The molecule has 0 bridgehead atoms. The first-order chi connectivity index (χ1) is 14.9. The van der Waals surface area contributed by atoms with E-state index >= 15 is 0 Å². The van der Waals surface area contributed by atoms with Gasteiger partial charge in [0.15, 0.2) is 0 Å². The van der Waals surface area contributed by atoms with Crippen LogP contribution in [0.15, 0.2) is 30.3 Å². The van der Waals surface area contributed by atoms with Crippen molar-refractivity contribution in [1.82, 2.24) is 4.57 Å². The van der Waals surface area contributed by atoms with Gasteiger partial charge in [-0.25, -0.2) is 4.79 Å². The van der Waals surface area contributed by atoms with Gasteiger partial charge in [-0.05, 0) is 49.7 Å². The van der Waals surface area contributed by atoms with Crippen molar-refractivity contribution < 1.29 is 23.5 Å². The van der Waals surface area contributed by atoms with Gasteiger partial charge in [-0.15, -0.1) is 24.0 Å². The molecule has 0 amide bonds. The normalized spacial score (nSPS) is 21.0. The van der Waals surface area contributed by atoms with Gasteiger partial charge in [-0.3, -0.25) is 4.48 Å². The van der Waals surface area contributed by atoms with Crippen LogP contribution in [0.3, 0.4) is 0 Å². The SMILES string of the molecule is CCOC(=O)c1c(C)n(C)c2ccc3c(c12)C[N+]1(C)CCc2cc(OC)ccc2C1O3.I. The topological polar surface area (TPSA) is 49.7 Å². The molecule has 2 atom stereocenters. The smallest absolute Gasteiger partial charge is 0.340 e. The Morgan fingerprint density at radius 3 is 2.78 bits per heavy atom. The first-order valence-corrected chi connectivity index (χ1v) is 10.8. The molecule has 0 fully saturated rings. The van der Waals surface area contributed by atoms with Crippen LogP contribution in [0.1, 0.15) is 45.9 Å². The van der Waals surface area contributed by atoms with Crippen molar-refractivity contribution in [1.29, 1.82) is 0 Å². The van der Waals surface area contributed by atoms with Crippen molar-refractivity contribution >= 4 is 40.8 Å². The molecule has 2 unspecified atom stereocenters. The van der Waals surface area contributed by atoms with Crippen molar-refractivity contribution in [2.75, 3.05) is 27.3 Å². The lowest BCUT2D eigenvalue weighted by molar-refractivity contribution is -0.974. The standard InChI is InChI=1S/C25H29N2O4.HI/c1-6-30-25(28)22-15(2)26(3)20-9-10-21-19(23(20)22)14-27(4)12-11-16-13-17(29-5)7-8-18(16)24(27)31-21;/h7-10,13,24H,6,11-12,14H2,1-5H3;1H/q+1;. The second-order valence-electron chi connectivity index (χ2n) is 8.82. The summed E-state index contributed by atoms with van der Waals surface area (Å²) < 4.78 is 20.3. The number of hydrogen-bond acceptors (Lipinski definition) is 4. The molecule has 0 saturated carbocycles. The van der Waals surface area contributed by atoms with Crippen LogP contribution in [0.25, 0.3) is 10.9 Å². The molecule has 3 aromatic rings. The Kier molecular flexibility index (Phi) is 5.92. The van der Waals surface area contributed by atoms with Crippen LogP contribution in [-0.4, -0.2) is 42.3 Å². The van der Waals surface area contributed by atoms with E-state index in [1.165, 1.54) is 11.1 Å². The quantitative estimate of drug-likeness (QED) is 0.266. The van der Waals surface area contributed by atoms with E-state index in [0.717, 1.165) is 57.7 Å². The number of methoxy groups -OCH3 is 1. The number of carbonyl (C=O) groups is 1. The minimum atomic E-state index is -0.264. The van der Waals surface area contributed by atoms with E-state index in [0.29, 0.717) is 12.2 Å². The maximum absolute atomic E-state index is 12.9. The van der Waals surface area contributed by atoms with Crippen LogP contribution in [0.5, 0.6) is 11.5 Å². The van der Waals surface area contributed by atoms with Crippen molar-refractivity contribution in [3.63, 3.8) is 0 Å². The molecule has 0 spiro atoms. The number of ether oxygens (including phenoxy) is 3. The summed E-state index contributed by atoms with van der Waals surface area (Å²) in [6.45, 7) is 5.94. The number of aromatic nitrogens is 1. The highest BCUT2D eigenvalue weighted by atomic mass is 127. The third-order valence-corrected chi connectivity index (χ3v) is 7.04. The van der Waals surface area contributed by atoms with Gasteiger partial charge in [0.05, 0.1) is 44.0 Å². The van der Waals surface area contributed by atoms with Crippen LogP contribution in [0, 0.1) is 6.92 Å². The summed E-state index contributed by atoms with van der Waals surface area (Å²) in [6.07, 6.45) is 0.891. The number of fused-ring (bicyclic) bond motifs is 6. The summed E-state index contributed by atoms with van der Waals surface area (Å²) in [7, 11) is 5.95. The van der Waals surface area contributed by atoms with Gasteiger partial charge in [0, 0.05) is 30.1 Å². The number of likely N-dealkylation sites (N-methyl/N-ethyl adjacent to an activating group) is 1. The van der Waals surface area contributed by atoms with Crippen molar-refractivity contribution in [3.05, 3.63) is 58.3 Å². The summed E-state index contributed by atoms with van der Waals surface area (Å²) in [5, 5.41) is 0.967. The lowest BCUT2D eigenvalue weighted by Gasteiger charge is -2.47. The molecule has 0 saturated heterocycles. The largest absolute Gasteiger partial charge is 0.497 e. The highest BCUT2D eigenvalue weighted by molar-refractivity contribution is 14.0. The summed E-state index contributed by atoms with van der Waals surface area (Å²) in [4.78, 5) is 12.9. The van der Waals surface area contributed by atoms with Crippen molar-refractivity contribution in [2.24, 2.45) is 7.05 Å². The molecule has 170 valence electrons. The summed E-state index contributed by atoms with van der Waals surface area (Å²) >= 11 is 0. The van der Waals surface area contributed by atoms with E-state index in [-0.39, 0.29) is 36.2 Å². The first kappa shape index (κ1) is 22.9. The fraction of sp³-hybridized carbons (Fsp3) is 0.400. The molecular formula is C25H30IN2O4+. The molecule has 2 aliphatic rings. The summed E-state index contributed by atoms with van der Waals surface area (Å²) in [5.41, 5.74) is 6.21. The fourth-order valence-corrected chi connectivity index (χ4v) is 5.25. The highest BCUT2D eigenvalue weighted by Gasteiger charge is 2.46. The highest BCUT2D eigenvalue weighted by Crippen LogP contribution is 2.47. The molecule has 0 N–H and O–H groups in total. The first-order valence-electron chi connectivity index (χ1n) is 10.8. The van der Waals surface area contributed by atoms with Gasteiger partial charge in [0.25, 0.3) is 6.23 Å². The number of benzene rings is 2. The molecule has 6 nitrogen and oxygen atoms in total. The number of aryl methyl sites for hydroxylation is 1. The molecular weight excluding hydrogens is 519 g/mol. The van der Waals surface area contributed by atoms with Crippen molar-refractivity contribution in [2.45, 2.75) is 33.0 Å². The van der Waals surface area contributed by atoms with E-state index in [4.69, 9.17) is 14.2 Å². The zero-order chi connectivity index (χ0) is 21.9. The van der Waals surface area contributed by atoms with Gasteiger partial charge in [-0.1, -0.05) is 0 Å². The van der Waals surface area contributed by atoms with E-state index in [9.17, 15) is 4.79 Å². The lowest BCUT2D eigenvalue weighted by Crippen LogP contribution is -2.54. The average Bonchev–Trinajstić information content (AvgIpc) is 3.02. The van der Waals surface area contributed by atoms with Gasteiger partial charge < -0.3 is 18.8 Å². The fourth-order valence-electron chi connectivity index (χ4n) is 5.25. The minimum absolute atomic E-state index is 0. The molecule has 1 aromatic heterocycles. The van der Waals surface area contributed by atoms with Crippen LogP contribution >= 0.6 is 24.0 Å². The summed E-state index contributed by atoms with van der Waals surface area (Å²) in [5.74, 6) is 1.47. The van der Waals surface area contributed by atoms with Gasteiger partial charge in [0.1, 0.15) is 18.0 Å². The van der Waals surface area contributed by atoms with Gasteiger partial charge in [0.2, 0.25) is 0 Å². The van der Waals surface area contributed by atoms with E-state index < -0.39 is 0 Å². The molecule has 2 aromatic carbocycles. The molecule has 5 rings (SSSR count). The lowest BCUT2D eigenvalue weighted by atomic mass is 9.92. The number of quaternary nitrogens is 1. The molecule has 32 heavy (non-hydrogen) atoms. The Morgan fingerprint density at radius 1 is 1.28 bits per heavy atom. The zero-order valence-electron chi connectivity index (χ0n) is 19.2. The molecule has 2 aliphatic heterocycles. The van der Waals surface area contributed by atoms with Crippen LogP contribution in [-0.2, 0) is 24.8 Å². The minimum Gasteiger partial charge on any atom is -0.497 e. The van der Waals surface area contributed by atoms with Crippen molar-refractivity contribution in [3.8, 4) is 11.5 Å². The predicted octanol–water partition coefficient (Wildman–Crippen LogP) is 4.88. The van der Waals surface area contributed by atoms with Crippen LogP contribution in [0.4, 0.5) is 0 Å². The number of esters is 1. The zero-order valence-corrected chi connectivity index (χ0v) is 21.6. The predicted molar refractivity (Wildman–Crippen MR) is 134 cm³/mol. The maximum Gasteiger partial charge on any atom is 0.340 e. The van der Waals surface area contributed by atoms with Crippen LogP contribution in [0.2, 0.25) is 0 Å². The van der Waals surface area contributed by atoms with Crippen LogP contribution < -0.4 is 9.47 Å². The summed E-state index contributed by atoms with van der Waals surface area (Å²) in [6, 6.07) is 10.4. The second-order valence-corrected chi connectivity index (χ2v) is 8.82. The number of nitrogens with zero attached hydrogens (tertiary/aromatic N) is 2. The molecule has 3 heterocycles. The number of halogens is 1. The number of rotatable bonds is 3. The Bertz CT molecular complexity index is 1220. The molecule has 0 radical (unpaired) electrons. The Hall–Kier alpha value is -2.26. The Labute approximate surface area is 205 Å². The number of carbonyl (C=O) groups excluding carboxylic acids is 1. The third-order valence-electron chi connectivity index (χ3n) is 7.04. The Balaban J connectivity index is 0.00000245.